The molecule has 0 saturated carbocycles. The van der Waals surface area contributed by atoms with Crippen LogP contribution in [0.1, 0.15) is 45.1 Å². The number of fused-ring (bicyclic) bond motifs is 2. The summed E-state index contributed by atoms with van der Waals surface area (Å²) in [6, 6.07) is 11.5. The van der Waals surface area contributed by atoms with E-state index in [1.54, 1.807) is 0 Å². The van der Waals surface area contributed by atoms with Gasteiger partial charge in [0.15, 0.2) is 10.7 Å². The standard InChI is InChI=1S/C23H26O6S/c1-12-7-17-11-29-23(22(28)21(27)20(26)19(10-24)30-23)18(17)9-16(12)8-14-3-5-15(6-4-14)13(2)25/h3-7,9,19-22,24,26-28H,8,10-11H2,1-2H3/t19-,20-,21+,22-,23+/m1/s1. The van der Waals surface area contributed by atoms with Gasteiger partial charge in [0, 0.05) is 11.1 Å². The molecule has 2 heterocycles. The summed E-state index contributed by atoms with van der Waals surface area (Å²) in [6.45, 7) is 3.51. The van der Waals surface area contributed by atoms with Gasteiger partial charge < -0.3 is 25.2 Å². The number of aryl methyl sites for hydroxylation is 1. The monoisotopic (exact) mass is 430 g/mol. The number of hydrogen-bond donors (Lipinski definition) is 4. The van der Waals surface area contributed by atoms with E-state index in [0.29, 0.717) is 12.0 Å². The van der Waals surface area contributed by atoms with Gasteiger partial charge in [0.05, 0.1) is 24.6 Å². The Labute approximate surface area is 179 Å². The summed E-state index contributed by atoms with van der Waals surface area (Å²) in [6.07, 6.45) is -3.34. The molecule has 2 aliphatic heterocycles. The molecule has 2 aliphatic rings. The van der Waals surface area contributed by atoms with E-state index in [2.05, 4.69) is 0 Å². The van der Waals surface area contributed by atoms with E-state index < -0.39 is 28.5 Å². The zero-order valence-corrected chi connectivity index (χ0v) is 17.7. The first-order valence-electron chi connectivity index (χ1n) is 9.96. The Morgan fingerprint density at radius 3 is 2.50 bits per heavy atom. The number of Topliss-reactive ketones (excluding diaryl/α,β-unsaturated/α-hetero) is 1. The Balaban J connectivity index is 1.70. The van der Waals surface area contributed by atoms with E-state index in [-0.39, 0.29) is 19.0 Å². The van der Waals surface area contributed by atoms with E-state index in [1.807, 2.05) is 43.3 Å². The summed E-state index contributed by atoms with van der Waals surface area (Å²) in [5.74, 6) is 0.0249. The van der Waals surface area contributed by atoms with E-state index in [1.165, 1.54) is 6.92 Å². The summed E-state index contributed by atoms with van der Waals surface area (Å²) in [5, 5.41) is 40.4. The van der Waals surface area contributed by atoms with Gasteiger partial charge in [0.25, 0.3) is 0 Å². The largest absolute Gasteiger partial charge is 0.395 e. The Morgan fingerprint density at radius 1 is 1.17 bits per heavy atom. The lowest BCUT2D eigenvalue weighted by atomic mass is 9.89. The number of aliphatic hydroxyl groups is 4. The van der Waals surface area contributed by atoms with Crippen LogP contribution in [0.15, 0.2) is 36.4 Å². The zero-order chi connectivity index (χ0) is 21.6. The van der Waals surface area contributed by atoms with Crippen LogP contribution in [0.2, 0.25) is 0 Å². The van der Waals surface area contributed by atoms with Crippen LogP contribution in [0.3, 0.4) is 0 Å². The highest BCUT2D eigenvalue weighted by molar-refractivity contribution is 8.00. The smallest absolute Gasteiger partial charge is 0.168 e. The van der Waals surface area contributed by atoms with E-state index >= 15 is 0 Å². The molecular weight excluding hydrogens is 404 g/mol. The third kappa shape index (κ3) is 3.49. The average molecular weight is 431 g/mol. The van der Waals surface area contributed by atoms with Gasteiger partial charge in [-0.15, -0.1) is 11.8 Å². The second kappa shape index (κ2) is 8.07. The number of hydrogen-bond acceptors (Lipinski definition) is 7. The van der Waals surface area contributed by atoms with Crippen molar-refractivity contribution < 1.29 is 30.0 Å². The quantitative estimate of drug-likeness (QED) is 0.547. The number of rotatable bonds is 4. The van der Waals surface area contributed by atoms with Crippen molar-refractivity contribution in [2.75, 3.05) is 6.61 Å². The Bertz CT molecular complexity index is 957. The maximum absolute atomic E-state index is 11.5. The first-order chi connectivity index (χ1) is 14.3. The van der Waals surface area contributed by atoms with Crippen LogP contribution in [-0.4, -0.2) is 56.4 Å². The van der Waals surface area contributed by atoms with Gasteiger partial charge in [-0.25, -0.2) is 0 Å². The third-order valence-corrected chi connectivity index (χ3v) is 7.74. The van der Waals surface area contributed by atoms with Crippen molar-refractivity contribution in [3.8, 4) is 0 Å². The van der Waals surface area contributed by atoms with Gasteiger partial charge in [-0.05, 0) is 42.5 Å². The molecule has 7 heteroatoms. The van der Waals surface area contributed by atoms with Crippen molar-refractivity contribution in [1.29, 1.82) is 0 Å². The molecule has 2 aromatic carbocycles. The van der Waals surface area contributed by atoms with Gasteiger partial charge in [0.1, 0.15) is 12.2 Å². The van der Waals surface area contributed by atoms with Gasteiger partial charge in [-0.1, -0.05) is 36.4 Å². The van der Waals surface area contributed by atoms with Gasteiger partial charge in [0.2, 0.25) is 0 Å². The number of aliphatic hydroxyl groups excluding tert-OH is 4. The lowest BCUT2D eigenvalue weighted by Gasteiger charge is -2.45. The highest BCUT2D eigenvalue weighted by Gasteiger charge is 2.57. The second-order valence-corrected chi connectivity index (χ2v) is 9.53. The molecule has 4 rings (SSSR count). The fourth-order valence-corrected chi connectivity index (χ4v) is 5.82. The van der Waals surface area contributed by atoms with Crippen LogP contribution in [0.5, 0.6) is 0 Å². The van der Waals surface area contributed by atoms with Crippen molar-refractivity contribution >= 4 is 17.5 Å². The van der Waals surface area contributed by atoms with Crippen molar-refractivity contribution in [2.45, 2.75) is 55.4 Å². The predicted octanol–water partition coefficient (Wildman–Crippen LogP) is 1.66. The molecular formula is C23H26O6S. The molecule has 5 atom stereocenters. The maximum atomic E-state index is 11.5. The first-order valence-corrected chi connectivity index (χ1v) is 10.8. The molecule has 2 aromatic rings. The normalized spacial score (nSPS) is 30.5. The molecule has 0 aliphatic carbocycles. The number of carbonyl (C=O) groups is 1. The summed E-state index contributed by atoms with van der Waals surface area (Å²) in [4.78, 5) is 10.3. The van der Waals surface area contributed by atoms with Gasteiger partial charge in [-0.2, -0.15) is 0 Å². The Morgan fingerprint density at radius 2 is 1.87 bits per heavy atom. The van der Waals surface area contributed by atoms with Crippen LogP contribution in [-0.2, 0) is 22.7 Å². The number of ketones is 1. The number of ether oxygens (including phenoxy) is 1. The van der Waals surface area contributed by atoms with Gasteiger partial charge >= 0.3 is 0 Å². The van der Waals surface area contributed by atoms with Crippen molar-refractivity contribution in [3.63, 3.8) is 0 Å². The molecule has 4 N–H and O–H groups in total. The third-order valence-electron chi connectivity index (χ3n) is 6.08. The maximum Gasteiger partial charge on any atom is 0.168 e. The van der Waals surface area contributed by atoms with Crippen LogP contribution in [0.4, 0.5) is 0 Å². The van der Waals surface area contributed by atoms with Crippen LogP contribution >= 0.6 is 11.8 Å². The predicted molar refractivity (Wildman–Crippen MR) is 113 cm³/mol. The Hall–Kier alpha value is -1.74. The highest BCUT2D eigenvalue weighted by atomic mass is 32.2. The summed E-state index contributed by atoms with van der Waals surface area (Å²) >= 11 is 1.16. The molecule has 1 spiro atoms. The molecule has 0 unspecified atom stereocenters. The van der Waals surface area contributed by atoms with E-state index in [4.69, 9.17) is 4.74 Å². The summed E-state index contributed by atoms with van der Waals surface area (Å²) in [5.41, 5.74) is 5.54. The number of carbonyl (C=O) groups excluding carboxylic acids is 1. The molecule has 0 aromatic heterocycles. The molecule has 0 radical (unpaired) electrons. The molecule has 0 amide bonds. The number of thioether (sulfide) groups is 1. The first kappa shape index (κ1) is 21.5. The molecule has 1 fully saturated rings. The van der Waals surface area contributed by atoms with Gasteiger partial charge in [-0.3, -0.25) is 4.79 Å². The van der Waals surface area contributed by atoms with Crippen LogP contribution in [0, 0.1) is 6.92 Å². The Kier molecular flexibility index (Phi) is 5.78. The molecule has 160 valence electrons. The van der Waals surface area contributed by atoms with Crippen molar-refractivity contribution in [3.05, 3.63) is 69.8 Å². The highest BCUT2D eigenvalue weighted by Crippen LogP contribution is 2.54. The molecule has 1 saturated heterocycles. The lowest BCUT2D eigenvalue weighted by Crippen LogP contribution is -2.58. The van der Waals surface area contributed by atoms with Crippen molar-refractivity contribution in [1.82, 2.24) is 0 Å². The average Bonchev–Trinajstić information content (AvgIpc) is 3.08. The van der Waals surface area contributed by atoms with Crippen LogP contribution < -0.4 is 0 Å². The van der Waals surface area contributed by atoms with E-state index in [9.17, 15) is 25.2 Å². The topological polar surface area (TPSA) is 107 Å². The minimum atomic E-state index is -1.42. The summed E-state index contributed by atoms with van der Waals surface area (Å²) in [7, 11) is 0. The van der Waals surface area contributed by atoms with E-state index in [0.717, 1.165) is 39.6 Å². The minimum Gasteiger partial charge on any atom is -0.395 e. The SMILES string of the molecule is CC(=O)c1ccc(Cc2cc3c(cc2C)CO[C@]32S[C@H](CO)[C@@H](O)[C@H](O)[C@H]2O)cc1. The lowest BCUT2D eigenvalue weighted by molar-refractivity contribution is -0.147. The molecule has 30 heavy (non-hydrogen) atoms. The zero-order valence-electron chi connectivity index (χ0n) is 16.9. The fourth-order valence-electron chi connectivity index (χ4n) is 4.27. The second-order valence-electron chi connectivity index (χ2n) is 8.09. The number of benzene rings is 2. The molecule has 0 bridgehead atoms. The molecule has 6 nitrogen and oxygen atoms in total. The minimum absolute atomic E-state index is 0.0249. The fraction of sp³-hybridized carbons (Fsp3) is 0.435. The van der Waals surface area contributed by atoms with Crippen LogP contribution in [0.25, 0.3) is 0 Å². The van der Waals surface area contributed by atoms with Crippen molar-refractivity contribution in [2.24, 2.45) is 0 Å². The summed E-state index contributed by atoms with van der Waals surface area (Å²) < 4.78 is 6.01.